The van der Waals surface area contributed by atoms with E-state index < -0.39 is 0 Å². The van der Waals surface area contributed by atoms with Gasteiger partial charge in [0.25, 0.3) is 5.91 Å². The van der Waals surface area contributed by atoms with Crippen LogP contribution in [0.1, 0.15) is 23.2 Å². The summed E-state index contributed by atoms with van der Waals surface area (Å²) in [6.07, 6.45) is 3.39. The highest BCUT2D eigenvalue weighted by Gasteiger charge is 2.19. The van der Waals surface area contributed by atoms with Crippen LogP contribution in [0, 0.1) is 0 Å². The van der Waals surface area contributed by atoms with E-state index in [4.69, 9.17) is 17.3 Å². The number of halogens is 1. The Kier molecular flexibility index (Phi) is 4.04. The van der Waals surface area contributed by atoms with Gasteiger partial charge in [-0.2, -0.15) is 0 Å². The maximum absolute atomic E-state index is 12.0. The minimum atomic E-state index is -0.140. The van der Waals surface area contributed by atoms with Crippen molar-refractivity contribution in [1.82, 2.24) is 15.2 Å². The van der Waals surface area contributed by atoms with Crippen molar-refractivity contribution >= 4 is 23.3 Å². The molecule has 0 atom stereocenters. The summed E-state index contributed by atoms with van der Waals surface area (Å²) in [6.45, 7) is 2.01. The minimum absolute atomic E-state index is 0.140. The van der Waals surface area contributed by atoms with Gasteiger partial charge < -0.3 is 16.0 Å². The highest BCUT2D eigenvalue weighted by Crippen LogP contribution is 2.17. The maximum Gasteiger partial charge on any atom is 0.253 e. The lowest BCUT2D eigenvalue weighted by molar-refractivity contribution is 0.0916. The van der Waals surface area contributed by atoms with Crippen LogP contribution in [0.3, 0.4) is 0 Å². The zero-order valence-electron chi connectivity index (χ0n) is 10.3. The Hall–Kier alpha value is -1.33. The minimum Gasteiger partial charge on any atom is -0.382 e. The average Bonchev–Trinajstić information content (AvgIpc) is 2.35. The molecule has 1 aromatic rings. The average molecular weight is 269 g/mol. The Bertz CT molecular complexity index is 444. The molecule has 1 amide bonds. The van der Waals surface area contributed by atoms with Crippen molar-refractivity contribution in [2.24, 2.45) is 0 Å². The molecule has 0 radical (unpaired) electrons. The third-order valence-corrected chi connectivity index (χ3v) is 3.49. The molecule has 5 nitrogen and oxygen atoms in total. The van der Waals surface area contributed by atoms with E-state index in [9.17, 15) is 4.79 Å². The van der Waals surface area contributed by atoms with E-state index in [1.165, 1.54) is 6.20 Å². The number of rotatable bonds is 2. The van der Waals surface area contributed by atoms with Crippen molar-refractivity contribution in [3.8, 4) is 0 Å². The summed E-state index contributed by atoms with van der Waals surface area (Å²) >= 11 is 5.85. The third-order valence-electron chi connectivity index (χ3n) is 3.19. The van der Waals surface area contributed by atoms with E-state index in [0.29, 0.717) is 10.6 Å². The first kappa shape index (κ1) is 13.1. The second-order valence-electron chi connectivity index (χ2n) is 4.64. The number of nitrogens with one attached hydrogen (secondary N) is 1. The number of nitrogens with two attached hydrogens (primary N) is 1. The summed E-state index contributed by atoms with van der Waals surface area (Å²) in [7, 11) is 2.09. The number of amides is 1. The number of likely N-dealkylation sites (tertiary alicyclic amines) is 1. The van der Waals surface area contributed by atoms with Crippen LogP contribution in [0.5, 0.6) is 0 Å². The standard InChI is InChI=1S/C12H17ClN4O/c1-17-4-2-9(3-5-17)16-12(18)8-6-10(13)11(14)15-7-8/h6-7,9H,2-5H2,1H3,(H2,14,15)(H,16,18). The van der Waals surface area contributed by atoms with Gasteiger partial charge in [0, 0.05) is 12.2 Å². The number of carbonyl (C=O) groups excluding carboxylic acids is 1. The number of nitrogens with zero attached hydrogens (tertiary/aromatic N) is 2. The molecule has 1 aromatic heterocycles. The molecular formula is C12H17ClN4O. The number of piperidine rings is 1. The number of hydrogen-bond donors (Lipinski definition) is 2. The van der Waals surface area contributed by atoms with Gasteiger partial charge in [-0.15, -0.1) is 0 Å². The van der Waals surface area contributed by atoms with Gasteiger partial charge in [-0.05, 0) is 39.0 Å². The van der Waals surface area contributed by atoms with Crippen molar-refractivity contribution < 1.29 is 4.79 Å². The number of nitrogen functional groups attached to an aromatic ring is 1. The molecule has 2 rings (SSSR count). The molecular weight excluding hydrogens is 252 g/mol. The predicted molar refractivity (Wildman–Crippen MR) is 71.6 cm³/mol. The Labute approximate surface area is 111 Å². The summed E-state index contributed by atoms with van der Waals surface area (Å²) in [6, 6.07) is 1.78. The Morgan fingerprint density at radius 3 is 2.83 bits per heavy atom. The molecule has 0 aliphatic carbocycles. The van der Waals surface area contributed by atoms with Gasteiger partial charge >= 0.3 is 0 Å². The molecule has 0 aromatic carbocycles. The summed E-state index contributed by atoms with van der Waals surface area (Å²) in [5.41, 5.74) is 5.96. The molecule has 2 heterocycles. The monoisotopic (exact) mass is 268 g/mol. The molecule has 3 N–H and O–H groups in total. The fraction of sp³-hybridized carbons (Fsp3) is 0.500. The van der Waals surface area contributed by atoms with Crippen LogP contribution < -0.4 is 11.1 Å². The van der Waals surface area contributed by atoms with E-state index in [2.05, 4.69) is 22.2 Å². The Balaban J connectivity index is 1.97. The van der Waals surface area contributed by atoms with Crippen LogP contribution in [0.25, 0.3) is 0 Å². The second-order valence-corrected chi connectivity index (χ2v) is 5.05. The van der Waals surface area contributed by atoms with Crippen molar-refractivity contribution in [3.63, 3.8) is 0 Å². The van der Waals surface area contributed by atoms with Crippen LogP contribution in [0.15, 0.2) is 12.3 Å². The maximum atomic E-state index is 12.0. The van der Waals surface area contributed by atoms with Crippen molar-refractivity contribution in [3.05, 3.63) is 22.8 Å². The molecule has 6 heteroatoms. The lowest BCUT2D eigenvalue weighted by atomic mass is 10.1. The van der Waals surface area contributed by atoms with Gasteiger partial charge in [0.2, 0.25) is 0 Å². The number of pyridine rings is 1. The van der Waals surface area contributed by atoms with Crippen LogP contribution in [-0.4, -0.2) is 42.0 Å². The largest absolute Gasteiger partial charge is 0.382 e. The van der Waals surface area contributed by atoms with E-state index >= 15 is 0 Å². The molecule has 0 unspecified atom stereocenters. The number of hydrogen-bond acceptors (Lipinski definition) is 4. The van der Waals surface area contributed by atoms with Crippen LogP contribution in [-0.2, 0) is 0 Å². The normalized spacial score (nSPS) is 17.7. The molecule has 0 bridgehead atoms. The summed E-state index contributed by atoms with van der Waals surface area (Å²) in [4.78, 5) is 18.1. The van der Waals surface area contributed by atoms with E-state index in [0.717, 1.165) is 25.9 Å². The first-order chi connectivity index (χ1) is 8.56. The Morgan fingerprint density at radius 2 is 2.22 bits per heavy atom. The summed E-state index contributed by atoms with van der Waals surface area (Å²) in [5.74, 6) is 0.103. The molecule has 18 heavy (non-hydrogen) atoms. The molecule has 98 valence electrons. The SMILES string of the molecule is CN1CCC(NC(=O)c2cnc(N)c(Cl)c2)CC1. The lowest BCUT2D eigenvalue weighted by Gasteiger charge is -2.29. The van der Waals surface area contributed by atoms with Crippen LogP contribution in [0.2, 0.25) is 5.02 Å². The summed E-state index contributed by atoms with van der Waals surface area (Å²) in [5, 5.41) is 3.31. The smallest absolute Gasteiger partial charge is 0.253 e. The molecule has 0 saturated carbocycles. The number of anilines is 1. The quantitative estimate of drug-likeness (QED) is 0.844. The van der Waals surface area contributed by atoms with E-state index in [1.54, 1.807) is 6.07 Å². The fourth-order valence-corrected chi connectivity index (χ4v) is 2.16. The first-order valence-corrected chi connectivity index (χ1v) is 6.34. The second kappa shape index (κ2) is 5.54. The molecule has 1 aliphatic heterocycles. The van der Waals surface area contributed by atoms with E-state index in [1.807, 2.05) is 0 Å². The zero-order chi connectivity index (χ0) is 13.1. The van der Waals surface area contributed by atoms with Gasteiger partial charge in [0.1, 0.15) is 5.82 Å². The number of carbonyl (C=O) groups is 1. The lowest BCUT2D eigenvalue weighted by Crippen LogP contribution is -2.43. The fourth-order valence-electron chi connectivity index (χ4n) is 1.99. The van der Waals surface area contributed by atoms with Gasteiger partial charge in [-0.3, -0.25) is 4.79 Å². The van der Waals surface area contributed by atoms with Gasteiger partial charge in [0.15, 0.2) is 0 Å². The highest BCUT2D eigenvalue weighted by atomic mass is 35.5. The van der Waals surface area contributed by atoms with Crippen molar-refractivity contribution in [2.45, 2.75) is 18.9 Å². The Morgan fingerprint density at radius 1 is 1.56 bits per heavy atom. The molecule has 1 aliphatic rings. The highest BCUT2D eigenvalue weighted by molar-refractivity contribution is 6.33. The van der Waals surface area contributed by atoms with Crippen molar-refractivity contribution in [2.75, 3.05) is 25.9 Å². The number of aromatic nitrogens is 1. The van der Waals surface area contributed by atoms with Crippen molar-refractivity contribution in [1.29, 1.82) is 0 Å². The zero-order valence-corrected chi connectivity index (χ0v) is 11.1. The topological polar surface area (TPSA) is 71.2 Å². The van der Waals surface area contributed by atoms with Gasteiger partial charge in [0.05, 0.1) is 10.6 Å². The van der Waals surface area contributed by atoms with Crippen LogP contribution in [0.4, 0.5) is 5.82 Å². The van der Waals surface area contributed by atoms with Gasteiger partial charge in [-0.25, -0.2) is 4.98 Å². The summed E-state index contributed by atoms with van der Waals surface area (Å²) < 4.78 is 0. The first-order valence-electron chi connectivity index (χ1n) is 5.96. The third kappa shape index (κ3) is 3.11. The van der Waals surface area contributed by atoms with E-state index in [-0.39, 0.29) is 17.8 Å². The molecule has 1 saturated heterocycles. The predicted octanol–water partition coefficient (Wildman–Crippen LogP) is 1.14. The molecule has 0 spiro atoms. The van der Waals surface area contributed by atoms with Crippen LogP contribution >= 0.6 is 11.6 Å². The molecule has 1 fully saturated rings. The van der Waals surface area contributed by atoms with Gasteiger partial charge in [-0.1, -0.05) is 11.6 Å².